The summed E-state index contributed by atoms with van der Waals surface area (Å²) >= 11 is 0. The second-order valence-electron chi connectivity index (χ2n) is 8.13. The van der Waals surface area contributed by atoms with E-state index in [1.165, 1.54) is 11.4 Å². The minimum absolute atomic E-state index is 0.230. The summed E-state index contributed by atoms with van der Waals surface area (Å²) in [5, 5.41) is 12.2. The van der Waals surface area contributed by atoms with Crippen LogP contribution in [0, 0.1) is 0 Å². The molecule has 1 fully saturated rings. The molecule has 9 heteroatoms. The average molecular weight is 462 g/mol. The van der Waals surface area contributed by atoms with E-state index in [0.717, 1.165) is 5.56 Å². The lowest BCUT2D eigenvalue weighted by atomic mass is 9.73. The van der Waals surface area contributed by atoms with Gasteiger partial charge in [0.25, 0.3) is 16.1 Å². The predicted octanol–water partition coefficient (Wildman–Crippen LogP) is 1.67. The fourth-order valence-electron chi connectivity index (χ4n) is 4.06. The minimum atomic E-state index is -3.69. The smallest absolute Gasteiger partial charge is 0.279 e. The summed E-state index contributed by atoms with van der Waals surface area (Å²) in [5.74, 6) is 0.273. The van der Waals surface area contributed by atoms with Gasteiger partial charge in [0.15, 0.2) is 0 Å². The molecule has 32 heavy (non-hydrogen) atoms. The van der Waals surface area contributed by atoms with Crippen molar-refractivity contribution in [3.05, 3.63) is 65.7 Å². The maximum Gasteiger partial charge on any atom is 0.279 e. The molecule has 1 aliphatic heterocycles. The normalized spacial score (nSPS) is 17.5. The Labute approximate surface area is 189 Å². The molecule has 8 nitrogen and oxygen atoms in total. The van der Waals surface area contributed by atoms with Crippen molar-refractivity contribution in [2.45, 2.75) is 31.2 Å². The molecule has 3 N–H and O–H groups in total. The number of amides is 1. The van der Waals surface area contributed by atoms with E-state index in [1.807, 2.05) is 36.4 Å². The third kappa shape index (κ3) is 5.47. The Balaban J connectivity index is 1.77. The van der Waals surface area contributed by atoms with Crippen LogP contribution in [0.3, 0.4) is 0 Å². The standard InChI is InChI=1S/C23H31N3O5S/c1-18(16-27)25-32(29,30)26-14-12-23(13-15-26,19-8-4-3-5-9-19)17-24-22(28)20-10-6-7-11-21(20)31-2/h3-11,18,25,27H,12-17H2,1-2H3,(H,24,28)/t18-/m1/s1. The van der Waals surface area contributed by atoms with Gasteiger partial charge in [-0.1, -0.05) is 42.5 Å². The van der Waals surface area contributed by atoms with Crippen molar-refractivity contribution in [1.29, 1.82) is 0 Å². The van der Waals surface area contributed by atoms with Crippen molar-refractivity contribution in [3.8, 4) is 5.75 Å². The zero-order valence-corrected chi connectivity index (χ0v) is 19.3. The van der Waals surface area contributed by atoms with Crippen LogP contribution in [0.15, 0.2) is 54.6 Å². The molecule has 0 aromatic heterocycles. The fourth-order valence-corrected chi connectivity index (χ4v) is 5.45. The average Bonchev–Trinajstić information content (AvgIpc) is 2.83. The first kappa shape index (κ1) is 24.2. The topological polar surface area (TPSA) is 108 Å². The largest absolute Gasteiger partial charge is 0.496 e. The van der Waals surface area contributed by atoms with Gasteiger partial charge >= 0.3 is 0 Å². The van der Waals surface area contributed by atoms with Crippen molar-refractivity contribution >= 4 is 16.1 Å². The first-order valence-electron chi connectivity index (χ1n) is 10.7. The van der Waals surface area contributed by atoms with Crippen molar-refractivity contribution in [2.75, 3.05) is 33.4 Å². The highest BCUT2D eigenvalue weighted by molar-refractivity contribution is 7.87. The number of piperidine rings is 1. The summed E-state index contributed by atoms with van der Waals surface area (Å²) in [4.78, 5) is 12.9. The van der Waals surface area contributed by atoms with Crippen LogP contribution < -0.4 is 14.8 Å². The Hall–Kier alpha value is -2.46. The van der Waals surface area contributed by atoms with Gasteiger partial charge in [-0.05, 0) is 37.5 Å². The quantitative estimate of drug-likeness (QED) is 0.527. The second-order valence-corrected chi connectivity index (χ2v) is 9.84. The zero-order valence-electron chi connectivity index (χ0n) is 18.5. The van der Waals surface area contributed by atoms with E-state index < -0.39 is 21.7 Å². The Bertz CT molecular complexity index is 1010. The number of hydrogen-bond donors (Lipinski definition) is 3. The SMILES string of the molecule is COc1ccccc1C(=O)NCC1(c2ccccc2)CCN(S(=O)(=O)N[C@H](C)CO)CC1. The van der Waals surface area contributed by atoms with Crippen LogP contribution in [0.2, 0.25) is 0 Å². The van der Waals surface area contributed by atoms with Crippen molar-refractivity contribution in [1.82, 2.24) is 14.3 Å². The molecule has 2 aromatic rings. The third-order valence-electron chi connectivity index (χ3n) is 5.97. The number of ether oxygens (including phenoxy) is 1. The van der Waals surface area contributed by atoms with E-state index in [1.54, 1.807) is 25.1 Å². The number of aliphatic hydroxyl groups is 1. The van der Waals surface area contributed by atoms with E-state index in [-0.39, 0.29) is 12.5 Å². The van der Waals surface area contributed by atoms with Crippen LogP contribution in [0.4, 0.5) is 0 Å². The van der Waals surface area contributed by atoms with E-state index in [9.17, 15) is 18.3 Å². The van der Waals surface area contributed by atoms with E-state index >= 15 is 0 Å². The lowest BCUT2D eigenvalue weighted by Crippen LogP contribution is -2.53. The Morgan fingerprint density at radius 1 is 1.12 bits per heavy atom. The molecule has 1 heterocycles. The van der Waals surface area contributed by atoms with Crippen molar-refractivity contribution in [2.24, 2.45) is 0 Å². The molecule has 0 radical (unpaired) electrons. The van der Waals surface area contributed by atoms with Crippen LogP contribution in [0.5, 0.6) is 5.75 Å². The van der Waals surface area contributed by atoms with Crippen LogP contribution in [-0.2, 0) is 15.6 Å². The number of nitrogens with zero attached hydrogens (tertiary/aromatic N) is 1. The van der Waals surface area contributed by atoms with Crippen molar-refractivity contribution < 1.29 is 23.1 Å². The summed E-state index contributed by atoms with van der Waals surface area (Å²) in [6.45, 7) is 2.35. The molecule has 1 aliphatic rings. The van der Waals surface area contributed by atoms with Gasteiger partial charge in [0.1, 0.15) is 5.75 Å². The van der Waals surface area contributed by atoms with Crippen LogP contribution in [0.25, 0.3) is 0 Å². The molecular formula is C23H31N3O5S. The van der Waals surface area contributed by atoms with Gasteiger partial charge in [-0.3, -0.25) is 4.79 Å². The zero-order chi connectivity index (χ0) is 23.2. The van der Waals surface area contributed by atoms with Crippen LogP contribution in [-0.4, -0.2) is 63.1 Å². The molecule has 3 rings (SSSR count). The number of aliphatic hydroxyl groups excluding tert-OH is 1. The van der Waals surface area contributed by atoms with Crippen molar-refractivity contribution in [3.63, 3.8) is 0 Å². The van der Waals surface area contributed by atoms with Gasteiger partial charge < -0.3 is 15.2 Å². The number of hydrogen-bond acceptors (Lipinski definition) is 5. The maximum atomic E-state index is 12.9. The highest BCUT2D eigenvalue weighted by Crippen LogP contribution is 2.36. The van der Waals surface area contributed by atoms with Gasteiger partial charge in [0, 0.05) is 31.1 Å². The molecule has 0 unspecified atom stereocenters. The Kier molecular flexibility index (Phi) is 7.89. The number of carbonyl (C=O) groups excluding carboxylic acids is 1. The number of methoxy groups -OCH3 is 1. The summed E-state index contributed by atoms with van der Waals surface area (Å²) in [5.41, 5.74) is 1.13. The Morgan fingerprint density at radius 3 is 2.38 bits per heavy atom. The van der Waals surface area contributed by atoms with Gasteiger partial charge in [-0.2, -0.15) is 17.4 Å². The number of rotatable bonds is 9. The van der Waals surface area contributed by atoms with E-state index in [0.29, 0.717) is 43.8 Å². The second kappa shape index (κ2) is 10.4. The predicted molar refractivity (Wildman–Crippen MR) is 123 cm³/mol. The summed E-state index contributed by atoms with van der Waals surface area (Å²) < 4.78 is 34.5. The molecule has 1 atom stereocenters. The minimum Gasteiger partial charge on any atom is -0.496 e. The molecule has 0 saturated carbocycles. The summed E-state index contributed by atoms with van der Waals surface area (Å²) in [7, 11) is -2.16. The lowest BCUT2D eigenvalue weighted by molar-refractivity contribution is 0.0929. The highest BCUT2D eigenvalue weighted by atomic mass is 32.2. The summed E-state index contributed by atoms with van der Waals surface area (Å²) in [6.07, 6.45) is 1.11. The lowest BCUT2D eigenvalue weighted by Gasteiger charge is -2.42. The molecule has 1 amide bonds. The summed E-state index contributed by atoms with van der Waals surface area (Å²) in [6, 6.07) is 16.4. The van der Waals surface area contributed by atoms with E-state index in [2.05, 4.69) is 10.0 Å². The number of para-hydroxylation sites is 1. The highest BCUT2D eigenvalue weighted by Gasteiger charge is 2.40. The number of benzene rings is 2. The molecular weight excluding hydrogens is 430 g/mol. The maximum absolute atomic E-state index is 12.9. The van der Waals surface area contributed by atoms with Gasteiger partial charge in [-0.25, -0.2) is 0 Å². The molecule has 1 saturated heterocycles. The molecule has 0 aliphatic carbocycles. The van der Waals surface area contributed by atoms with Gasteiger partial charge in [-0.15, -0.1) is 0 Å². The third-order valence-corrected chi connectivity index (χ3v) is 7.71. The number of nitrogens with one attached hydrogen (secondary N) is 2. The Morgan fingerprint density at radius 2 is 1.75 bits per heavy atom. The fraction of sp³-hybridized carbons (Fsp3) is 0.435. The first-order valence-corrected chi connectivity index (χ1v) is 12.1. The first-order chi connectivity index (χ1) is 15.3. The van der Waals surface area contributed by atoms with Crippen LogP contribution in [0.1, 0.15) is 35.7 Å². The molecule has 0 bridgehead atoms. The molecule has 174 valence electrons. The van der Waals surface area contributed by atoms with Crippen LogP contribution >= 0.6 is 0 Å². The van der Waals surface area contributed by atoms with E-state index in [4.69, 9.17) is 4.74 Å². The van der Waals surface area contributed by atoms with Gasteiger partial charge in [0.05, 0.1) is 19.3 Å². The molecule has 0 spiro atoms. The number of carbonyl (C=O) groups is 1. The van der Waals surface area contributed by atoms with Gasteiger partial charge in [0.2, 0.25) is 0 Å². The monoisotopic (exact) mass is 461 g/mol. The molecule has 2 aromatic carbocycles.